The van der Waals surface area contributed by atoms with Crippen LogP contribution in [0.1, 0.15) is 15.9 Å². The lowest BCUT2D eigenvalue weighted by molar-refractivity contribution is -0.0448. The standard InChI is InChI=1S/C25H30F3N3O3/c26-22-5-2-1-4-20(22)25(32)31(9-8-29-10-13-33-14-11-29)17-19-16-30(12-15-34-19)18-21-23(27)6-3-7-24(21)28/h1-7,19H,8-18H2/t19-/m1/s1. The first-order valence-corrected chi connectivity index (χ1v) is 11.6. The van der Waals surface area contributed by atoms with Crippen LogP contribution >= 0.6 is 0 Å². The number of hydrogen-bond donors (Lipinski definition) is 0. The van der Waals surface area contributed by atoms with Gasteiger partial charge in [-0.2, -0.15) is 0 Å². The van der Waals surface area contributed by atoms with Gasteiger partial charge in [-0.1, -0.05) is 18.2 Å². The minimum Gasteiger partial charge on any atom is -0.379 e. The summed E-state index contributed by atoms with van der Waals surface area (Å²) in [4.78, 5) is 19.0. The number of carbonyl (C=O) groups is 1. The van der Waals surface area contributed by atoms with Crippen LogP contribution < -0.4 is 0 Å². The summed E-state index contributed by atoms with van der Waals surface area (Å²) >= 11 is 0. The molecule has 2 aromatic rings. The monoisotopic (exact) mass is 477 g/mol. The van der Waals surface area contributed by atoms with E-state index in [9.17, 15) is 18.0 Å². The highest BCUT2D eigenvalue weighted by molar-refractivity contribution is 5.94. The number of hydrogen-bond acceptors (Lipinski definition) is 5. The summed E-state index contributed by atoms with van der Waals surface area (Å²) < 4.78 is 53.9. The Morgan fingerprint density at radius 2 is 1.59 bits per heavy atom. The summed E-state index contributed by atoms with van der Waals surface area (Å²) in [5.74, 6) is -2.12. The van der Waals surface area contributed by atoms with E-state index in [1.165, 1.54) is 30.3 Å². The molecule has 2 saturated heterocycles. The van der Waals surface area contributed by atoms with Gasteiger partial charge in [0.2, 0.25) is 0 Å². The summed E-state index contributed by atoms with van der Waals surface area (Å²) in [7, 11) is 0. The SMILES string of the molecule is O=C(c1ccccc1F)N(CCN1CCOCC1)C[C@H]1CN(Cc2c(F)cccc2F)CCO1. The first-order chi connectivity index (χ1) is 16.5. The fourth-order valence-electron chi connectivity index (χ4n) is 4.35. The Kier molecular flexibility index (Phi) is 8.55. The molecule has 0 radical (unpaired) electrons. The van der Waals surface area contributed by atoms with Crippen LogP contribution in [0, 0.1) is 17.5 Å². The largest absolute Gasteiger partial charge is 0.379 e. The molecule has 0 unspecified atom stereocenters. The molecule has 184 valence electrons. The van der Waals surface area contributed by atoms with E-state index in [-0.39, 0.29) is 30.3 Å². The molecule has 0 spiro atoms. The molecule has 34 heavy (non-hydrogen) atoms. The van der Waals surface area contributed by atoms with E-state index in [1.54, 1.807) is 17.0 Å². The van der Waals surface area contributed by atoms with Crippen molar-refractivity contribution in [3.8, 4) is 0 Å². The van der Waals surface area contributed by atoms with E-state index in [0.29, 0.717) is 46.0 Å². The fourth-order valence-corrected chi connectivity index (χ4v) is 4.35. The minimum atomic E-state index is -0.579. The Hall–Kier alpha value is -2.46. The molecule has 0 aliphatic carbocycles. The van der Waals surface area contributed by atoms with E-state index in [4.69, 9.17) is 9.47 Å². The Balaban J connectivity index is 1.43. The lowest BCUT2D eigenvalue weighted by Gasteiger charge is -2.37. The average molecular weight is 478 g/mol. The number of carbonyl (C=O) groups excluding carboxylic acids is 1. The zero-order valence-corrected chi connectivity index (χ0v) is 19.1. The summed E-state index contributed by atoms with van der Waals surface area (Å²) in [5.41, 5.74) is 0.0420. The second-order valence-electron chi connectivity index (χ2n) is 8.61. The van der Waals surface area contributed by atoms with Gasteiger partial charge >= 0.3 is 0 Å². The quantitative estimate of drug-likeness (QED) is 0.585. The zero-order valence-electron chi connectivity index (χ0n) is 19.1. The van der Waals surface area contributed by atoms with Crippen molar-refractivity contribution in [3.63, 3.8) is 0 Å². The maximum Gasteiger partial charge on any atom is 0.256 e. The highest BCUT2D eigenvalue weighted by Gasteiger charge is 2.28. The molecule has 0 aromatic heterocycles. The van der Waals surface area contributed by atoms with Crippen LogP contribution in [0.5, 0.6) is 0 Å². The summed E-state index contributed by atoms with van der Waals surface area (Å²) in [6, 6.07) is 9.78. The van der Waals surface area contributed by atoms with Crippen LogP contribution in [-0.4, -0.2) is 92.3 Å². The molecule has 0 bridgehead atoms. The maximum atomic E-state index is 14.4. The van der Waals surface area contributed by atoms with Crippen molar-refractivity contribution in [2.45, 2.75) is 12.6 Å². The van der Waals surface area contributed by atoms with Crippen molar-refractivity contribution >= 4 is 5.91 Å². The Morgan fingerprint density at radius 1 is 0.912 bits per heavy atom. The van der Waals surface area contributed by atoms with Gasteiger partial charge in [0.05, 0.1) is 31.5 Å². The molecule has 0 N–H and O–H groups in total. The molecule has 2 fully saturated rings. The van der Waals surface area contributed by atoms with Gasteiger partial charge in [-0.3, -0.25) is 14.6 Å². The van der Waals surface area contributed by atoms with Gasteiger partial charge in [0.15, 0.2) is 0 Å². The van der Waals surface area contributed by atoms with Crippen molar-refractivity contribution in [2.75, 3.05) is 65.6 Å². The molecule has 1 atom stereocenters. The summed E-state index contributed by atoms with van der Waals surface area (Å²) in [6.45, 7) is 5.60. The van der Waals surface area contributed by atoms with Gasteiger partial charge in [0, 0.05) is 57.9 Å². The van der Waals surface area contributed by atoms with Crippen molar-refractivity contribution in [2.24, 2.45) is 0 Å². The van der Waals surface area contributed by atoms with Crippen molar-refractivity contribution < 1.29 is 27.4 Å². The Bertz CT molecular complexity index is 951. The smallest absolute Gasteiger partial charge is 0.256 e. The van der Waals surface area contributed by atoms with Gasteiger partial charge in [0.25, 0.3) is 5.91 Å². The Morgan fingerprint density at radius 3 is 2.32 bits per heavy atom. The molecule has 1 amide bonds. The van der Waals surface area contributed by atoms with Crippen LogP contribution in [-0.2, 0) is 16.0 Å². The second kappa shape index (κ2) is 11.8. The van der Waals surface area contributed by atoms with Crippen LogP contribution in [0.25, 0.3) is 0 Å². The third-order valence-electron chi connectivity index (χ3n) is 6.27. The van der Waals surface area contributed by atoms with Gasteiger partial charge in [0.1, 0.15) is 17.5 Å². The predicted octanol–water partition coefficient (Wildman–Crippen LogP) is 2.78. The molecule has 2 aliphatic heterocycles. The van der Waals surface area contributed by atoms with E-state index in [2.05, 4.69) is 4.90 Å². The van der Waals surface area contributed by atoms with Crippen LogP contribution in [0.15, 0.2) is 42.5 Å². The van der Waals surface area contributed by atoms with Crippen LogP contribution in [0.3, 0.4) is 0 Å². The van der Waals surface area contributed by atoms with E-state index < -0.39 is 23.4 Å². The molecule has 6 nitrogen and oxygen atoms in total. The zero-order chi connectivity index (χ0) is 23.9. The number of nitrogens with zero attached hydrogens (tertiary/aromatic N) is 3. The van der Waals surface area contributed by atoms with Crippen LogP contribution in [0.4, 0.5) is 13.2 Å². The fraction of sp³-hybridized carbons (Fsp3) is 0.480. The third kappa shape index (κ3) is 6.35. The topological polar surface area (TPSA) is 45.2 Å². The van der Waals surface area contributed by atoms with E-state index in [0.717, 1.165) is 13.1 Å². The van der Waals surface area contributed by atoms with Crippen LogP contribution in [0.2, 0.25) is 0 Å². The number of amides is 1. The summed E-state index contributed by atoms with van der Waals surface area (Å²) in [5, 5.41) is 0. The normalized spacial score (nSPS) is 19.8. The van der Waals surface area contributed by atoms with Gasteiger partial charge in [-0.05, 0) is 24.3 Å². The Labute approximate surface area is 197 Å². The van der Waals surface area contributed by atoms with Gasteiger partial charge < -0.3 is 14.4 Å². The minimum absolute atomic E-state index is 0.0190. The van der Waals surface area contributed by atoms with Crippen molar-refractivity contribution in [1.29, 1.82) is 0 Å². The molecular weight excluding hydrogens is 447 g/mol. The second-order valence-corrected chi connectivity index (χ2v) is 8.61. The molecular formula is C25H30F3N3O3. The number of halogens is 3. The third-order valence-corrected chi connectivity index (χ3v) is 6.27. The maximum absolute atomic E-state index is 14.4. The molecule has 0 saturated carbocycles. The molecule has 2 aliphatic rings. The average Bonchev–Trinajstić information content (AvgIpc) is 2.85. The van der Waals surface area contributed by atoms with Gasteiger partial charge in [-0.15, -0.1) is 0 Å². The lowest BCUT2D eigenvalue weighted by Crippen LogP contribution is -2.50. The predicted molar refractivity (Wildman–Crippen MR) is 121 cm³/mol. The highest BCUT2D eigenvalue weighted by Crippen LogP contribution is 2.18. The molecule has 4 rings (SSSR count). The highest BCUT2D eigenvalue weighted by atomic mass is 19.1. The number of morpholine rings is 2. The molecule has 9 heteroatoms. The van der Waals surface area contributed by atoms with Crippen molar-refractivity contribution in [1.82, 2.24) is 14.7 Å². The molecule has 2 aromatic carbocycles. The first kappa shape index (κ1) is 24.7. The van der Waals surface area contributed by atoms with Crippen molar-refractivity contribution in [3.05, 3.63) is 71.0 Å². The number of benzene rings is 2. The first-order valence-electron chi connectivity index (χ1n) is 11.6. The number of ether oxygens (including phenoxy) is 2. The van der Waals surface area contributed by atoms with Gasteiger partial charge in [-0.25, -0.2) is 13.2 Å². The summed E-state index contributed by atoms with van der Waals surface area (Å²) in [6.07, 6.45) is -0.357. The van der Waals surface area contributed by atoms with E-state index >= 15 is 0 Å². The lowest BCUT2D eigenvalue weighted by atomic mass is 10.1. The number of rotatable bonds is 8. The van der Waals surface area contributed by atoms with E-state index in [1.807, 2.05) is 4.90 Å². The molecule has 2 heterocycles.